The highest BCUT2D eigenvalue weighted by molar-refractivity contribution is 5.74. The van der Waals surface area contributed by atoms with E-state index >= 15 is 0 Å². The van der Waals surface area contributed by atoms with Gasteiger partial charge in [-0.05, 0) is 25.8 Å². The smallest absolute Gasteiger partial charge is 0.387 e. The van der Waals surface area contributed by atoms with E-state index < -0.39 is 6.61 Å². The summed E-state index contributed by atoms with van der Waals surface area (Å²) in [5.74, 6) is 0.0741. The van der Waals surface area contributed by atoms with Crippen LogP contribution in [-0.4, -0.2) is 43.3 Å². The molecule has 1 aliphatic rings. The van der Waals surface area contributed by atoms with Crippen LogP contribution in [0.5, 0.6) is 5.75 Å². The Hall–Kier alpha value is -1.89. The highest BCUT2D eigenvalue weighted by atomic mass is 19.3. The summed E-state index contributed by atoms with van der Waals surface area (Å²) >= 11 is 0. The molecule has 1 aromatic carbocycles. The summed E-state index contributed by atoms with van der Waals surface area (Å²) in [4.78, 5) is 13.9. The van der Waals surface area contributed by atoms with Crippen molar-refractivity contribution in [3.05, 3.63) is 29.8 Å². The van der Waals surface area contributed by atoms with Gasteiger partial charge in [-0.2, -0.15) is 8.78 Å². The van der Waals surface area contributed by atoms with Crippen molar-refractivity contribution in [1.29, 1.82) is 0 Å². The van der Waals surface area contributed by atoms with Crippen LogP contribution in [-0.2, 0) is 11.3 Å². The Morgan fingerprint density at radius 3 is 2.91 bits per heavy atom. The summed E-state index contributed by atoms with van der Waals surface area (Å²) in [6, 6.07) is 6.18. The fraction of sp³-hybridized carbons (Fsp3) is 0.562. The number of halogens is 2. The maximum absolute atomic E-state index is 12.4. The summed E-state index contributed by atoms with van der Waals surface area (Å²) in [5.41, 5.74) is 0.509. The molecule has 0 bridgehead atoms. The highest BCUT2D eigenvalue weighted by Gasteiger charge is 2.21. The van der Waals surface area contributed by atoms with Crippen LogP contribution in [0.15, 0.2) is 24.3 Å². The van der Waals surface area contributed by atoms with Crippen molar-refractivity contribution in [2.75, 3.05) is 19.7 Å². The van der Waals surface area contributed by atoms with Crippen LogP contribution in [0.3, 0.4) is 0 Å². The number of ether oxygens (including phenoxy) is 2. The topological polar surface area (TPSA) is 50.8 Å². The third-order valence-corrected chi connectivity index (χ3v) is 3.74. The number of hydrogen-bond donors (Lipinski definition) is 1. The van der Waals surface area contributed by atoms with Crippen LogP contribution in [0.1, 0.15) is 25.3 Å². The first-order valence-corrected chi connectivity index (χ1v) is 7.77. The first-order chi connectivity index (χ1) is 11.1. The van der Waals surface area contributed by atoms with Gasteiger partial charge in [0.25, 0.3) is 0 Å². The summed E-state index contributed by atoms with van der Waals surface area (Å²) < 4.78 is 34.7. The number of urea groups is 1. The van der Waals surface area contributed by atoms with E-state index in [1.165, 1.54) is 6.07 Å². The van der Waals surface area contributed by atoms with E-state index in [2.05, 4.69) is 10.1 Å². The van der Waals surface area contributed by atoms with Gasteiger partial charge in [-0.3, -0.25) is 0 Å². The van der Waals surface area contributed by atoms with Gasteiger partial charge in [0.05, 0.1) is 6.10 Å². The Morgan fingerprint density at radius 2 is 2.26 bits per heavy atom. The molecule has 1 atom stereocenters. The van der Waals surface area contributed by atoms with Crippen molar-refractivity contribution in [2.45, 2.75) is 39.0 Å². The molecule has 1 aromatic rings. The number of nitrogens with one attached hydrogen (secondary N) is 1. The van der Waals surface area contributed by atoms with Gasteiger partial charge in [0.15, 0.2) is 0 Å². The molecule has 0 saturated carbocycles. The molecule has 2 rings (SSSR count). The second-order valence-electron chi connectivity index (χ2n) is 5.32. The second-order valence-corrected chi connectivity index (χ2v) is 5.32. The normalized spacial score (nSPS) is 17.3. The van der Waals surface area contributed by atoms with Crippen molar-refractivity contribution in [1.82, 2.24) is 10.2 Å². The van der Waals surface area contributed by atoms with E-state index in [4.69, 9.17) is 4.74 Å². The molecule has 0 radical (unpaired) electrons. The summed E-state index contributed by atoms with van der Waals surface area (Å²) in [6.45, 7) is 0.964. The first-order valence-electron chi connectivity index (χ1n) is 7.77. The SMILES string of the molecule is CCN(C[C@@H]1CCCO1)C(=O)NCc1ccccc1OC(F)F. The van der Waals surface area contributed by atoms with Gasteiger partial charge in [-0.1, -0.05) is 18.2 Å². The molecular formula is C16H22F2N2O3. The zero-order chi connectivity index (χ0) is 16.7. The van der Waals surface area contributed by atoms with Crippen LogP contribution in [0.2, 0.25) is 0 Å². The van der Waals surface area contributed by atoms with Crippen LogP contribution in [0.25, 0.3) is 0 Å². The number of alkyl halides is 2. The number of carbonyl (C=O) groups excluding carboxylic acids is 1. The molecule has 7 heteroatoms. The Balaban J connectivity index is 1.89. The maximum atomic E-state index is 12.4. The average molecular weight is 328 g/mol. The monoisotopic (exact) mass is 328 g/mol. The van der Waals surface area contributed by atoms with Gasteiger partial charge in [0.1, 0.15) is 5.75 Å². The van der Waals surface area contributed by atoms with E-state index in [1.54, 1.807) is 23.1 Å². The predicted molar refractivity (Wildman–Crippen MR) is 81.5 cm³/mol. The Morgan fingerprint density at radius 1 is 1.48 bits per heavy atom. The van der Waals surface area contributed by atoms with E-state index in [0.717, 1.165) is 19.4 Å². The Kier molecular flexibility index (Phi) is 6.58. The van der Waals surface area contributed by atoms with Crippen molar-refractivity contribution >= 4 is 6.03 Å². The van der Waals surface area contributed by atoms with Gasteiger partial charge in [0, 0.05) is 31.8 Å². The number of rotatable bonds is 7. The van der Waals surface area contributed by atoms with Crippen molar-refractivity contribution in [3.63, 3.8) is 0 Å². The molecule has 1 aliphatic heterocycles. The van der Waals surface area contributed by atoms with Crippen LogP contribution < -0.4 is 10.1 Å². The van der Waals surface area contributed by atoms with Gasteiger partial charge in [-0.25, -0.2) is 4.79 Å². The molecule has 5 nitrogen and oxygen atoms in total. The lowest BCUT2D eigenvalue weighted by atomic mass is 10.2. The molecule has 23 heavy (non-hydrogen) atoms. The number of carbonyl (C=O) groups is 1. The largest absolute Gasteiger partial charge is 0.434 e. The molecule has 0 aliphatic carbocycles. The van der Waals surface area contributed by atoms with Crippen molar-refractivity contribution in [2.24, 2.45) is 0 Å². The Bertz CT molecular complexity index is 508. The molecule has 1 heterocycles. The number of nitrogens with zero attached hydrogens (tertiary/aromatic N) is 1. The minimum Gasteiger partial charge on any atom is -0.434 e. The lowest BCUT2D eigenvalue weighted by Crippen LogP contribution is -2.43. The number of hydrogen-bond acceptors (Lipinski definition) is 3. The van der Waals surface area contributed by atoms with Crippen LogP contribution >= 0.6 is 0 Å². The minimum atomic E-state index is -2.89. The molecule has 1 fully saturated rings. The highest BCUT2D eigenvalue weighted by Crippen LogP contribution is 2.20. The second kappa shape index (κ2) is 8.67. The third kappa shape index (κ3) is 5.35. The van der Waals surface area contributed by atoms with Gasteiger partial charge in [-0.15, -0.1) is 0 Å². The first kappa shape index (κ1) is 17.5. The zero-order valence-corrected chi connectivity index (χ0v) is 13.1. The van der Waals surface area contributed by atoms with Crippen molar-refractivity contribution < 1.29 is 23.0 Å². The third-order valence-electron chi connectivity index (χ3n) is 3.74. The summed E-state index contributed by atoms with van der Waals surface area (Å²) in [7, 11) is 0. The molecule has 0 unspecified atom stereocenters. The summed E-state index contributed by atoms with van der Waals surface area (Å²) in [6.07, 6.45) is 2.05. The van der Waals surface area contributed by atoms with Crippen molar-refractivity contribution in [3.8, 4) is 5.75 Å². The molecule has 0 aromatic heterocycles. The number of para-hydroxylation sites is 1. The lowest BCUT2D eigenvalue weighted by Gasteiger charge is -2.24. The minimum absolute atomic E-state index is 0.0741. The zero-order valence-electron chi connectivity index (χ0n) is 13.1. The molecule has 0 spiro atoms. The fourth-order valence-corrected chi connectivity index (χ4v) is 2.53. The van der Waals surface area contributed by atoms with Crippen LogP contribution in [0, 0.1) is 0 Å². The Labute approximate surface area is 134 Å². The van der Waals surface area contributed by atoms with E-state index in [0.29, 0.717) is 18.7 Å². The standard InChI is InChI=1S/C16H22F2N2O3/c1-2-20(11-13-7-5-9-22-13)16(21)19-10-12-6-3-4-8-14(12)23-15(17)18/h3-4,6,8,13,15H,2,5,7,9-11H2,1H3,(H,19,21)/t13-/m0/s1. The maximum Gasteiger partial charge on any atom is 0.387 e. The van der Waals surface area contributed by atoms with E-state index in [1.807, 2.05) is 6.92 Å². The molecular weight excluding hydrogens is 306 g/mol. The van der Waals surface area contributed by atoms with E-state index in [9.17, 15) is 13.6 Å². The lowest BCUT2D eigenvalue weighted by molar-refractivity contribution is -0.0504. The quantitative estimate of drug-likeness (QED) is 0.837. The average Bonchev–Trinajstić information content (AvgIpc) is 3.04. The van der Waals surface area contributed by atoms with E-state index in [-0.39, 0.29) is 24.4 Å². The number of amides is 2. The molecule has 1 saturated heterocycles. The molecule has 1 N–H and O–H groups in total. The van der Waals surface area contributed by atoms with Crippen LogP contribution in [0.4, 0.5) is 13.6 Å². The predicted octanol–water partition coefficient (Wildman–Crippen LogP) is 3.00. The molecule has 2 amide bonds. The van der Waals surface area contributed by atoms with Gasteiger partial charge < -0.3 is 19.7 Å². The number of benzene rings is 1. The van der Waals surface area contributed by atoms with Gasteiger partial charge >= 0.3 is 12.6 Å². The fourth-order valence-electron chi connectivity index (χ4n) is 2.53. The molecule has 128 valence electrons. The number of likely N-dealkylation sites (N-methyl/N-ethyl adjacent to an activating group) is 1. The summed E-state index contributed by atoms with van der Waals surface area (Å²) in [5, 5.41) is 2.74. The van der Waals surface area contributed by atoms with Gasteiger partial charge in [0.2, 0.25) is 0 Å².